The van der Waals surface area contributed by atoms with E-state index in [4.69, 9.17) is 11.6 Å². The number of rotatable bonds is 1. The van der Waals surface area contributed by atoms with Crippen molar-refractivity contribution in [2.75, 3.05) is 0 Å². The summed E-state index contributed by atoms with van der Waals surface area (Å²) in [5.41, 5.74) is 0.737. The van der Waals surface area contributed by atoms with E-state index in [1.54, 1.807) is 12.1 Å². The molecule has 0 bridgehead atoms. The molecule has 0 radical (unpaired) electrons. The maximum atomic E-state index is 11.5. The fourth-order valence-electron chi connectivity index (χ4n) is 1.58. The lowest BCUT2D eigenvalue weighted by Gasteiger charge is -2.11. The molecule has 1 aromatic rings. The van der Waals surface area contributed by atoms with Gasteiger partial charge in [0.25, 0.3) is 0 Å². The number of imide groups is 1. The molecular weight excluding hydrogens is 281 g/mol. The summed E-state index contributed by atoms with van der Waals surface area (Å²) in [4.78, 5) is 22.7. The molecule has 5 heteroatoms. The Balaban J connectivity index is 2.43. The molecule has 0 spiro atoms. The quantitative estimate of drug-likeness (QED) is 0.633. The Kier molecular flexibility index (Phi) is 2.80. The molecule has 1 N–H and O–H groups in total. The van der Waals surface area contributed by atoms with Gasteiger partial charge >= 0.3 is 0 Å². The predicted molar refractivity (Wildman–Crippen MR) is 59.7 cm³/mol. The normalized spacial score (nSPS) is 25.5. The Morgan fingerprint density at radius 1 is 1.20 bits per heavy atom. The average molecular weight is 289 g/mol. The summed E-state index contributed by atoms with van der Waals surface area (Å²) in [5.74, 6) is -1.37. The second-order valence-electron chi connectivity index (χ2n) is 3.25. The van der Waals surface area contributed by atoms with Crippen molar-refractivity contribution >= 4 is 39.3 Å². The van der Waals surface area contributed by atoms with Gasteiger partial charge in [-0.1, -0.05) is 34.1 Å². The molecule has 2 amide bonds. The van der Waals surface area contributed by atoms with Gasteiger partial charge in [0.2, 0.25) is 11.8 Å². The summed E-state index contributed by atoms with van der Waals surface area (Å²) in [5, 5.41) is 1.39. The number of halogens is 2. The third-order valence-electron chi connectivity index (χ3n) is 2.31. The second kappa shape index (κ2) is 3.94. The summed E-state index contributed by atoms with van der Waals surface area (Å²) >= 11 is 9.21. The first-order valence-corrected chi connectivity index (χ1v) is 5.57. The van der Waals surface area contributed by atoms with Gasteiger partial charge in [-0.05, 0) is 11.6 Å². The Morgan fingerprint density at radius 2 is 1.87 bits per heavy atom. The molecule has 1 heterocycles. The Labute approximate surface area is 99.9 Å². The van der Waals surface area contributed by atoms with Crippen LogP contribution in [0.3, 0.4) is 0 Å². The lowest BCUT2D eigenvalue weighted by molar-refractivity contribution is -0.125. The summed E-state index contributed by atoms with van der Waals surface area (Å²) < 4.78 is 0.783. The summed E-state index contributed by atoms with van der Waals surface area (Å²) in [6, 6.07) is 7.24. The highest BCUT2D eigenvalue weighted by atomic mass is 79.9. The molecule has 15 heavy (non-hydrogen) atoms. The number of carbonyl (C=O) groups is 2. The van der Waals surface area contributed by atoms with Crippen molar-refractivity contribution in [3.8, 4) is 0 Å². The van der Waals surface area contributed by atoms with E-state index in [-0.39, 0.29) is 5.91 Å². The molecule has 1 fully saturated rings. The average Bonchev–Trinajstić information content (AvgIpc) is 2.43. The summed E-state index contributed by atoms with van der Waals surface area (Å²) in [7, 11) is 0. The van der Waals surface area contributed by atoms with E-state index in [1.807, 2.05) is 12.1 Å². The van der Waals surface area contributed by atoms with Crippen LogP contribution in [0, 0.1) is 0 Å². The van der Waals surface area contributed by atoms with Crippen molar-refractivity contribution in [2.45, 2.75) is 11.3 Å². The van der Waals surface area contributed by atoms with Crippen LogP contribution in [-0.2, 0) is 9.59 Å². The fraction of sp³-hybridized carbons (Fsp3) is 0.200. The number of amides is 2. The van der Waals surface area contributed by atoms with E-state index in [1.165, 1.54) is 0 Å². The van der Waals surface area contributed by atoms with E-state index in [2.05, 4.69) is 21.2 Å². The Morgan fingerprint density at radius 3 is 2.40 bits per heavy atom. The number of hydrogen-bond acceptors (Lipinski definition) is 2. The van der Waals surface area contributed by atoms with Gasteiger partial charge in [-0.3, -0.25) is 14.9 Å². The highest BCUT2D eigenvalue weighted by Gasteiger charge is 2.41. The van der Waals surface area contributed by atoms with Crippen LogP contribution in [0.2, 0.25) is 0 Å². The number of nitrogens with one attached hydrogen (secondary N) is 1. The fourth-order valence-corrected chi connectivity index (χ4v) is 2.41. The van der Waals surface area contributed by atoms with Crippen LogP contribution in [0.5, 0.6) is 0 Å². The summed E-state index contributed by atoms with van der Waals surface area (Å²) in [6.45, 7) is 0. The van der Waals surface area contributed by atoms with Crippen molar-refractivity contribution < 1.29 is 9.59 Å². The number of carbonyl (C=O) groups excluding carboxylic acids is 2. The molecule has 0 aliphatic carbocycles. The lowest BCUT2D eigenvalue weighted by atomic mass is 9.97. The molecule has 1 aromatic carbocycles. The highest BCUT2D eigenvalue weighted by molar-refractivity contribution is 9.10. The van der Waals surface area contributed by atoms with E-state index in [0.29, 0.717) is 0 Å². The van der Waals surface area contributed by atoms with Crippen LogP contribution in [-0.4, -0.2) is 17.2 Å². The molecule has 0 saturated carbocycles. The lowest BCUT2D eigenvalue weighted by Crippen LogP contribution is -2.22. The van der Waals surface area contributed by atoms with Crippen LogP contribution in [0.25, 0.3) is 0 Å². The van der Waals surface area contributed by atoms with Crippen molar-refractivity contribution in [2.24, 2.45) is 0 Å². The van der Waals surface area contributed by atoms with Crippen LogP contribution < -0.4 is 5.32 Å². The minimum Gasteiger partial charge on any atom is -0.295 e. The molecule has 2 unspecified atom stereocenters. The van der Waals surface area contributed by atoms with E-state index < -0.39 is 17.2 Å². The van der Waals surface area contributed by atoms with E-state index >= 15 is 0 Å². The molecule has 0 aromatic heterocycles. The minimum absolute atomic E-state index is 0.341. The number of hydrogen-bond donors (Lipinski definition) is 1. The molecule has 78 valence electrons. The van der Waals surface area contributed by atoms with Gasteiger partial charge < -0.3 is 0 Å². The Bertz CT molecular complexity index is 435. The van der Waals surface area contributed by atoms with E-state index in [0.717, 1.165) is 10.0 Å². The first-order valence-electron chi connectivity index (χ1n) is 4.34. The first-order chi connectivity index (χ1) is 7.11. The SMILES string of the molecule is O=C1NC(=O)C(c2ccccc2Br)C1Cl. The summed E-state index contributed by atoms with van der Waals surface area (Å²) in [6.07, 6.45) is 0. The van der Waals surface area contributed by atoms with Crippen LogP contribution in [0.4, 0.5) is 0 Å². The number of alkyl halides is 1. The zero-order valence-corrected chi connectivity index (χ0v) is 9.88. The molecule has 1 saturated heterocycles. The van der Waals surface area contributed by atoms with Gasteiger partial charge in [0.15, 0.2) is 0 Å². The van der Waals surface area contributed by atoms with Crippen molar-refractivity contribution in [1.29, 1.82) is 0 Å². The van der Waals surface area contributed by atoms with Crippen molar-refractivity contribution in [3.05, 3.63) is 34.3 Å². The molecule has 1 aliphatic heterocycles. The molecule has 3 nitrogen and oxygen atoms in total. The van der Waals surface area contributed by atoms with Crippen LogP contribution >= 0.6 is 27.5 Å². The zero-order chi connectivity index (χ0) is 11.0. The largest absolute Gasteiger partial charge is 0.295 e. The van der Waals surface area contributed by atoms with Gasteiger partial charge in [-0.2, -0.15) is 0 Å². The monoisotopic (exact) mass is 287 g/mol. The minimum atomic E-state index is -0.823. The van der Waals surface area contributed by atoms with Crippen molar-refractivity contribution in [1.82, 2.24) is 5.32 Å². The predicted octanol–water partition coefficient (Wildman–Crippen LogP) is 1.80. The first kappa shape index (κ1) is 10.6. The van der Waals surface area contributed by atoms with Gasteiger partial charge in [0, 0.05) is 4.47 Å². The highest BCUT2D eigenvalue weighted by Crippen LogP contribution is 2.33. The number of benzene rings is 1. The zero-order valence-electron chi connectivity index (χ0n) is 7.54. The van der Waals surface area contributed by atoms with Gasteiger partial charge in [-0.25, -0.2) is 0 Å². The smallest absolute Gasteiger partial charge is 0.245 e. The second-order valence-corrected chi connectivity index (χ2v) is 4.58. The topological polar surface area (TPSA) is 46.2 Å². The molecule has 2 rings (SSSR count). The molecular formula is C10H7BrClNO2. The van der Waals surface area contributed by atoms with Gasteiger partial charge in [0.05, 0.1) is 5.92 Å². The van der Waals surface area contributed by atoms with Gasteiger partial charge in [0.1, 0.15) is 5.38 Å². The standard InChI is InChI=1S/C10H7BrClNO2/c11-6-4-2-1-3-5(6)7-8(12)10(15)13-9(7)14/h1-4,7-8H,(H,13,14,15). The Hall–Kier alpha value is -0.870. The van der Waals surface area contributed by atoms with E-state index in [9.17, 15) is 9.59 Å². The maximum Gasteiger partial charge on any atom is 0.245 e. The third-order valence-corrected chi connectivity index (χ3v) is 3.48. The molecule has 2 atom stereocenters. The van der Waals surface area contributed by atoms with Gasteiger partial charge in [-0.15, -0.1) is 11.6 Å². The molecule has 1 aliphatic rings. The maximum absolute atomic E-state index is 11.5. The van der Waals surface area contributed by atoms with Crippen LogP contribution in [0.1, 0.15) is 11.5 Å². The van der Waals surface area contributed by atoms with Crippen molar-refractivity contribution in [3.63, 3.8) is 0 Å². The third kappa shape index (κ3) is 1.79. The van der Waals surface area contributed by atoms with Crippen LogP contribution in [0.15, 0.2) is 28.7 Å².